The highest BCUT2D eigenvalue weighted by Gasteiger charge is 2.46. The third-order valence-corrected chi connectivity index (χ3v) is 11.0. The van der Waals surface area contributed by atoms with E-state index in [0.717, 1.165) is 28.4 Å². The van der Waals surface area contributed by atoms with Crippen LogP contribution < -0.4 is 9.80 Å². The van der Waals surface area contributed by atoms with Gasteiger partial charge in [-0.25, -0.2) is 0 Å². The number of nitrogens with zero attached hydrogens (tertiary/aromatic N) is 2. The Kier molecular flexibility index (Phi) is 7.88. The van der Waals surface area contributed by atoms with E-state index in [1.54, 1.807) is 0 Å². The first-order valence-corrected chi connectivity index (χ1v) is 17.5. The molecule has 2 nitrogen and oxygen atoms in total. The predicted molar refractivity (Wildman–Crippen MR) is 213 cm³/mol. The molecule has 0 unspecified atom stereocenters. The molecule has 8 rings (SSSR count). The summed E-state index contributed by atoms with van der Waals surface area (Å²) in [5, 5.41) is 0. The number of hydrogen-bond acceptors (Lipinski definition) is 2. The zero-order chi connectivity index (χ0) is 34.3. The Morgan fingerprint density at radius 1 is 0.300 bits per heavy atom. The molecular weight excluding hydrogens is 605 g/mol. The molecule has 0 saturated carbocycles. The van der Waals surface area contributed by atoms with E-state index < -0.39 is 0 Å². The average molecular weight is 647 g/mol. The van der Waals surface area contributed by atoms with Gasteiger partial charge in [0.05, 0.1) is 0 Å². The first-order chi connectivity index (χ1) is 24.3. The van der Waals surface area contributed by atoms with Crippen molar-refractivity contribution >= 4 is 34.1 Å². The van der Waals surface area contributed by atoms with Gasteiger partial charge in [0, 0.05) is 34.1 Å². The Bertz CT molecular complexity index is 2220. The number of rotatable bonds is 7. The zero-order valence-corrected chi connectivity index (χ0v) is 29.2. The molecule has 244 valence electrons. The van der Waals surface area contributed by atoms with E-state index in [2.05, 4.69) is 219 Å². The van der Waals surface area contributed by atoms with E-state index in [1.165, 1.54) is 39.1 Å². The Labute approximate surface area is 296 Å². The van der Waals surface area contributed by atoms with Crippen LogP contribution in [0.3, 0.4) is 0 Å². The van der Waals surface area contributed by atoms with Crippen LogP contribution in [0, 0.1) is 0 Å². The van der Waals surface area contributed by atoms with E-state index >= 15 is 0 Å². The molecule has 0 saturated heterocycles. The summed E-state index contributed by atoms with van der Waals surface area (Å²) < 4.78 is 0. The Morgan fingerprint density at radius 2 is 0.640 bits per heavy atom. The molecule has 1 aliphatic carbocycles. The van der Waals surface area contributed by atoms with Crippen LogP contribution in [-0.4, -0.2) is 0 Å². The predicted octanol–water partition coefficient (Wildman–Crippen LogP) is 13.5. The molecule has 0 bridgehead atoms. The average Bonchev–Trinajstić information content (AvgIpc) is 3.16. The molecule has 0 spiro atoms. The molecule has 7 aromatic carbocycles. The molecule has 50 heavy (non-hydrogen) atoms. The highest BCUT2D eigenvalue weighted by atomic mass is 15.1. The van der Waals surface area contributed by atoms with E-state index in [4.69, 9.17) is 0 Å². The quantitative estimate of drug-likeness (QED) is 0.170. The second kappa shape index (κ2) is 12.5. The minimum absolute atomic E-state index is 0.159. The number of hydrogen-bond donors (Lipinski definition) is 0. The molecule has 0 aromatic heterocycles. The third-order valence-electron chi connectivity index (χ3n) is 11.0. The van der Waals surface area contributed by atoms with Crippen LogP contribution in [0.5, 0.6) is 0 Å². The summed E-state index contributed by atoms with van der Waals surface area (Å²) in [5.74, 6) is 0. The second-order valence-corrected chi connectivity index (χ2v) is 14.3. The lowest BCUT2D eigenvalue weighted by atomic mass is 9.55. The van der Waals surface area contributed by atoms with Crippen LogP contribution in [0.1, 0.15) is 38.8 Å². The van der Waals surface area contributed by atoms with Gasteiger partial charge in [-0.05, 0) is 117 Å². The molecule has 0 N–H and O–H groups in total. The number of para-hydroxylation sites is 3. The van der Waals surface area contributed by atoms with Crippen molar-refractivity contribution < 1.29 is 0 Å². The fourth-order valence-electron chi connectivity index (χ4n) is 7.60. The van der Waals surface area contributed by atoms with Crippen molar-refractivity contribution in [3.05, 3.63) is 193 Å². The Morgan fingerprint density at radius 3 is 1.08 bits per heavy atom. The molecular formula is C48H42N2. The largest absolute Gasteiger partial charge is 0.310 e. The maximum atomic E-state index is 2.44. The van der Waals surface area contributed by atoms with Gasteiger partial charge in [-0.15, -0.1) is 0 Å². The molecule has 0 amide bonds. The maximum absolute atomic E-state index is 2.44. The van der Waals surface area contributed by atoms with Crippen LogP contribution in [0.4, 0.5) is 34.1 Å². The van der Waals surface area contributed by atoms with E-state index in [-0.39, 0.29) is 10.8 Å². The van der Waals surface area contributed by atoms with Crippen molar-refractivity contribution in [3.63, 3.8) is 0 Å². The molecule has 1 aliphatic rings. The van der Waals surface area contributed by atoms with E-state index in [9.17, 15) is 0 Å². The van der Waals surface area contributed by atoms with Gasteiger partial charge in [0.2, 0.25) is 0 Å². The van der Waals surface area contributed by atoms with Gasteiger partial charge in [-0.3, -0.25) is 0 Å². The van der Waals surface area contributed by atoms with Gasteiger partial charge < -0.3 is 9.80 Å². The normalized spacial score (nSPS) is 13.9. The lowest BCUT2D eigenvalue weighted by Crippen LogP contribution is -2.43. The van der Waals surface area contributed by atoms with Crippen LogP contribution >= 0.6 is 0 Å². The van der Waals surface area contributed by atoms with Gasteiger partial charge in [-0.2, -0.15) is 0 Å². The van der Waals surface area contributed by atoms with Gasteiger partial charge in [0.15, 0.2) is 0 Å². The van der Waals surface area contributed by atoms with Gasteiger partial charge in [0.1, 0.15) is 0 Å². The fraction of sp³-hybridized carbons (Fsp3) is 0.125. The molecule has 0 heterocycles. The number of benzene rings is 7. The van der Waals surface area contributed by atoms with E-state index in [1.807, 2.05) is 0 Å². The van der Waals surface area contributed by atoms with Crippen molar-refractivity contribution in [2.45, 2.75) is 38.5 Å². The smallest absolute Gasteiger partial charge is 0.0467 e. The highest BCUT2D eigenvalue weighted by molar-refractivity contribution is 5.87. The SMILES string of the molecule is CC1(C)c2cc(N(c3ccccc3)c3ccccc3)ccc2-c2ccc(N(c3ccccc3)c3cccc(-c4ccccc4)c3)cc2C1(C)C. The van der Waals surface area contributed by atoms with Crippen LogP contribution in [0.2, 0.25) is 0 Å². The molecule has 0 radical (unpaired) electrons. The highest BCUT2D eigenvalue weighted by Crippen LogP contribution is 2.56. The molecule has 0 atom stereocenters. The summed E-state index contributed by atoms with van der Waals surface area (Å²) in [4.78, 5) is 4.76. The summed E-state index contributed by atoms with van der Waals surface area (Å²) in [6.45, 7) is 9.67. The topological polar surface area (TPSA) is 6.48 Å². The van der Waals surface area contributed by atoms with E-state index in [0.29, 0.717) is 0 Å². The lowest BCUT2D eigenvalue weighted by Gasteiger charge is -2.49. The second-order valence-electron chi connectivity index (χ2n) is 14.3. The van der Waals surface area contributed by atoms with Crippen molar-refractivity contribution in [1.82, 2.24) is 0 Å². The van der Waals surface area contributed by atoms with Crippen LogP contribution in [-0.2, 0) is 10.8 Å². The standard InChI is InChI=1S/C48H42N2/c1-47(2)45-33-41(49(37-21-11-6-12-22-37)38-23-13-7-14-24-38)28-30-43(45)44-31-29-42(34-46(44)48(47,3)4)50(39-25-15-8-16-26-39)40-27-17-20-36(32-40)35-18-9-5-10-19-35/h5-34H,1-4H3. The first kappa shape index (κ1) is 31.4. The van der Waals surface area contributed by atoms with Gasteiger partial charge in [0.25, 0.3) is 0 Å². The van der Waals surface area contributed by atoms with Crippen LogP contribution in [0.25, 0.3) is 22.3 Å². The molecule has 0 fully saturated rings. The van der Waals surface area contributed by atoms with Crippen molar-refractivity contribution in [2.24, 2.45) is 0 Å². The minimum Gasteiger partial charge on any atom is -0.310 e. The monoisotopic (exact) mass is 646 g/mol. The van der Waals surface area contributed by atoms with Gasteiger partial charge >= 0.3 is 0 Å². The van der Waals surface area contributed by atoms with Gasteiger partial charge in [-0.1, -0.05) is 137 Å². The molecule has 7 aromatic rings. The summed E-state index contributed by atoms with van der Waals surface area (Å²) in [7, 11) is 0. The Hall–Kier alpha value is -5.86. The number of anilines is 6. The summed E-state index contributed by atoms with van der Waals surface area (Å²) in [6, 6.07) is 65.8. The van der Waals surface area contributed by atoms with Crippen molar-refractivity contribution in [3.8, 4) is 22.3 Å². The fourth-order valence-corrected chi connectivity index (χ4v) is 7.60. The van der Waals surface area contributed by atoms with Crippen molar-refractivity contribution in [1.29, 1.82) is 0 Å². The Balaban J connectivity index is 1.27. The summed E-state index contributed by atoms with van der Waals surface area (Å²) in [5.41, 5.74) is 14.3. The summed E-state index contributed by atoms with van der Waals surface area (Å²) >= 11 is 0. The number of fused-ring (bicyclic) bond motifs is 3. The maximum Gasteiger partial charge on any atom is 0.0467 e. The zero-order valence-electron chi connectivity index (χ0n) is 29.2. The first-order valence-electron chi connectivity index (χ1n) is 17.5. The lowest BCUT2D eigenvalue weighted by molar-refractivity contribution is 0.299. The summed E-state index contributed by atoms with van der Waals surface area (Å²) in [6.07, 6.45) is 0. The third kappa shape index (κ3) is 5.38. The van der Waals surface area contributed by atoms with Crippen molar-refractivity contribution in [2.75, 3.05) is 9.80 Å². The van der Waals surface area contributed by atoms with Crippen LogP contribution in [0.15, 0.2) is 182 Å². The minimum atomic E-state index is -0.164. The molecule has 0 aliphatic heterocycles. The molecule has 2 heteroatoms.